The Bertz CT molecular complexity index is 246. The van der Waals surface area contributed by atoms with Crippen molar-refractivity contribution in [3.8, 4) is 0 Å². The summed E-state index contributed by atoms with van der Waals surface area (Å²) in [6.07, 6.45) is 3.73. The van der Waals surface area contributed by atoms with Gasteiger partial charge in [-0.2, -0.15) is 0 Å². The van der Waals surface area contributed by atoms with E-state index in [9.17, 15) is 4.79 Å². The highest BCUT2D eigenvalue weighted by atomic mass is 16.1. The Morgan fingerprint density at radius 3 is 2.31 bits per heavy atom. The van der Waals surface area contributed by atoms with Crippen LogP contribution in [0.4, 0.5) is 0 Å². The van der Waals surface area contributed by atoms with Gasteiger partial charge >= 0.3 is 0 Å². The summed E-state index contributed by atoms with van der Waals surface area (Å²) >= 11 is 0. The molecule has 0 aliphatic heterocycles. The molecule has 0 unspecified atom stereocenters. The van der Waals surface area contributed by atoms with Crippen molar-refractivity contribution < 1.29 is 4.79 Å². The van der Waals surface area contributed by atoms with Gasteiger partial charge in [0, 0.05) is 10.8 Å². The van der Waals surface area contributed by atoms with Gasteiger partial charge in [-0.15, -0.1) is 0 Å². The van der Waals surface area contributed by atoms with Crippen molar-refractivity contribution in [3.05, 3.63) is 18.6 Å². The second-order valence-corrected chi connectivity index (χ2v) is 5.34. The molecule has 13 heavy (non-hydrogen) atoms. The molecule has 1 heteroatoms. The zero-order valence-corrected chi connectivity index (χ0v) is 9.11. The minimum atomic E-state index is -0.242. The van der Waals surface area contributed by atoms with Crippen LogP contribution in [0.3, 0.4) is 0 Å². The van der Waals surface area contributed by atoms with Gasteiger partial charge in [0.25, 0.3) is 0 Å². The van der Waals surface area contributed by atoms with Crippen LogP contribution in [0.2, 0.25) is 0 Å². The van der Waals surface area contributed by atoms with E-state index in [0.29, 0.717) is 5.78 Å². The number of Topliss-reactive ketones (excluding diaryl/α,β-unsaturated/α-hetero) is 1. The summed E-state index contributed by atoms with van der Waals surface area (Å²) in [5, 5.41) is 0. The highest BCUT2D eigenvalue weighted by Gasteiger charge is 2.41. The molecule has 73 valence electrons. The quantitative estimate of drug-likeness (QED) is 0.522. The molecule has 0 amide bonds. The summed E-state index contributed by atoms with van der Waals surface area (Å²) in [6.45, 7) is 12.0. The molecular weight excluding hydrogens is 160 g/mol. The number of hydrogen-bond acceptors (Lipinski definition) is 1. The summed E-state index contributed by atoms with van der Waals surface area (Å²) in [6, 6.07) is 0. The van der Waals surface area contributed by atoms with Gasteiger partial charge < -0.3 is 0 Å². The Morgan fingerprint density at radius 2 is 1.77 bits per heavy atom. The number of carbonyl (C=O) groups is 1. The molecule has 0 heterocycles. The number of rotatable bonds is 0. The Hall–Kier alpha value is -0.590. The fraction of sp³-hybridized carbons (Fsp3) is 0.667. The van der Waals surface area contributed by atoms with Gasteiger partial charge in [-0.1, -0.05) is 39.8 Å². The Kier molecular flexibility index (Phi) is 2.40. The minimum absolute atomic E-state index is 0.219. The molecule has 1 aliphatic rings. The molecule has 0 aromatic carbocycles. The van der Waals surface area contributed by atoms with Crippen molar-refractivity contribution in [2.75, 3.05) is 0 Å². The lowest BCUT2D eigenvalue weighted by Gasteiger charge is -2.29. The van der Waals surface area contributed by atoms with Crippen molar-refractivity contribution in [2.24, 2.45) is 10.8 Å². The Labute approximate surface area is 81.2 Å². The maximum Gasteiger partial charge on any atom is 0.144 e. The maximum absolute atomic E-state index is 12.1. The molecule has 1 rings (SSSR count). The van der Waals surface area contributed by atoms with Gasteiger partial charge in [0.05, 0.1) is 0 Å². The van der Waals surface area contributed by atoms with Gasteiger partial charge in [-0.05, 0) is 19.3 Å². The van der Waals surface area contributed by atoms with Crippen LogP contribution in [-0.2, 0) is 4.79 Å². The lowest BCUT2D eigenvalue weighted by molar-refractivity contribution is -0.135. The molecule has 0 N–H and O–H groups in total. The topological polar surface area (TPSA) is 17.1 Å². The average Bonchev–Trinajstić information content (AvgIpc) is 2.03. The van der Waals surface area contributed by atoms with Crippen LogP contribution in [0.5, 0.6) is 0 Å². The van der Waals surface area contributed by atoms with Crippen molar-refractivity contribution in [1.82, 2.24) is 0 Å². The van der Waals surface area contributed by atoms with Gasteiger partial charge in [0.15, 0.2) is 0 Å². The van der Waals surface area contributed by atoms with E-state index in [-0.39, 0.29) is 10.8 Å². The molecule has 1 fully saturated rings. The van der Waals surface area contributed by atoms with Gasteiger partial charge in [0.1, 0.15) is 5.78 Å². The second-order valence-electron chi connectivity index (χ2n) is 5.34. The molecule has 0 spiro atoms. The van der Waals surface area contributed by atoms with Crippen LogP contribution in [0.25, 0.3) is 0 Å². The first kappa shape index (κ1) is 10.5. The van der Waals surface area contributed by atoms with Crippen molar-refractivity contribution in [3.63, 3.8) is 0 Å². The first-order valence-electron chi connectivity index (χ1n) is 4.82. The number of carbonyl (C=O) groups excluding carboxylic acids is 1. The van der Waals surface area contributed by atoms with Gasteiger partial charge in [-0.25, -0.2) is 0 Å². The average molecular weight is 179 g/mol. The molecule has 0 bridgehead atoms. The van der Waals surface area contributed by atoms with Crippen molar-refractivity contribution in [2.45, 2.75) is 40.5 Å². The summed E-state index contributed by atoms with van der Waals surface area (Å²) < 4.78 is 0. The van der Waals surface area contributed by atoms with E-state index in [2.05, 4.69) is 13.0 Å². The highest BCUT2D eigenvalue weighted by molar-refractivity contribution is 5.90. The van der Waals surface area contributed by atoms with E-state index in [1.807, 2.05) is 27.7 Å². The van der Waals surface area contributed by atoms with E-state index in [1.165, 1.54) is 0 Å². The van der Waals surface area contributed by atoms with Crippen LogP contribution in [-0.4, -0.2) is 5.78 Å². The number of hydrogen-bond donors (Lipinski definition) is 0. The highest BCUT2D eigenvalue weighted by Crippen LogP contribution is 2.41. The molecule has 0 aromatic heterocycles. The third-order valence-corrected chi connectivity index (χ3v) is 2.80. The Balaban J connectivity index is 3.01. The molecule has 0 aromatic rings. The SMILES string of the molecule is C=C1[CH]CC(C)(C)C(=O)C(C)(C)C1. The molecule has 1 radical (unpaired) electrons. The molecule has 0 atom stereocenters. The third-order valence-electron chi connectivity index (χ3n) is 2.80. The zero-order valence-electron chi connectivity index (χ0n) is 9.11. The van der Waals surface area contributed by atoms with Gasteiger partial charge in [-0.3, -0.25) is 4.79 Å². The second kappa shape index (κ2) is 2.97. The smallest absolute Gasteiger partial charge is 0.144 e. The molecule has 0 saturated heterocycles. The zero-order chi connectivity index (χ0) is 10.3. The first-order chi connectivity index (χ1) is 5.76. The van der Waals surface area contributed by atoms with E-state index in [1.54, 1.807) is 0 Å². The predicted octanol–water partition coefficient (Wildman–Crippen LogP) is 3.16. The molecule has 1 aliphatic carbocycles. The summed E-state index contributed by atoms with van der Waals surface area (Å²) in [4.78, 5) is 12.1. The van der Waals surface area contributed by atoms with E-state index in [4.69, 9.17) is 0 Å². The number of allylic oxidation sites excluding steroid dienone is 1. The Morgan fingerprint density at radius 1 is 1.23 bits per heavy atom. The predicted molar refractivity (Wildman–Crippen MR) is 55.2 cm³/mol. The maximum atomic E-state index is 12.1. The largest absolute Gasteiger partial charge is 0.298 e. The molecule has 1 saturated carbocycles. The van der Waals surface area contributed by atoms with Crippen LogP contribution < -0.4 is 0 Å². The van der Waals surface area contributed by atoms with Gasteiger partial charge in [0.2, 0.25) is 0 Å². The van der Waals surface area contributed by atoms with E-state index in [0.717, 1.165) is 18.4 Å². The van der Waals surface area contributed by atoms with Crippen LogP contribution in [0, 0.1) is 17.3 Å². The molecular formula is C12H19O. The lowest BCUT2D eigenvalue weighted by atomic mass is 9.73. The fourth-order valence-electron chi connectivity index (χ4n) is 2.13. The summed E-state index contributed by atoms with van der Waals surface area (Å²) in [7, 11) is 0. The lowest BCUT2D eigenvalue weighted by Crippen LogP contribution is -2.34. The van der Waals surface area contributed by atoms with Crippen LogP contribution in [0.1, 0.15) is 40.5 Å². The van der Waals surface area contributed by atoms with Crippen molar-refractivity contribution in [1.29, 1.82) is 0 Å². The monoisotopic (exact) mass is 179 g/mol. The molecule has 1 nitrogen and oxygen atoms in total. The minimum Gasteiger partial charge on any atom is -0.298 e. The van der Waals surface area contributed by atoms with Crippen molar-refractivity contribution >= 4 is 5.78 Å². The fourth-order valence-corrected chi connectivity index (χ4v) is 2.13. The van der Waals surface area contributed by atoms with Crippen LogP contribution in [0.15, 0.2) is 12.2 Å². The summed E-state index contributed by atoms with van der Waals surface area (Å²) in [5.41, 5.74) is 0.639. The normalized spacial score (nSPS) is 27.1. The standard InChI is InChI=1S/C12H19O/c1-9-6-7-11(2,3)10(13)12(4,5)8-9/h6H,1,7-8H2,2-5H3. The third kappa shape index (κ3) is 2.01. The van der Waals surface area contributed by atoms with Crippen LogP contribution >= 0.6 is 0 Å². The first-order valence-corrected chi connectivity index (χ1v) is 4.82. The van der Waals surface area contributed by atoms with E-state index >= 15 is 0 Å². The van der Waals surface area contributed by atoms with E-state index < -0.39 is 0 Å². The summed E-state index contributed by atoms with van der Waals surface area (Å²) in [5.74, 6) is 0.356. The number of ketones is 1.